The third-order valence-electron chi connectivity index (χ3n) is 4.27. The van der Waals surface area contributed by atoms with Crippen LogP contribution in [0.4, 0.5) is 5.69 Å². The van der Waals surface area contributed by atoms with Gasteiger partial charge in [0.1, 0.15) is 0 Å². The molecular formula is C15H23N3O5S2. The maximum atomic E-state index is 12.5. The third kappa shape index (κ3) is 4.78. The molecule has 8 nitrogen and oxygen atoms in total. The van der Waals surface area contributed by atoms with Crippen LogP contribution < -0.4 is 10.0 Å². The summed E-state index contributed by atoms with van der Waals surface area (Å²) in [5.41, 5.74) is 1.12. The number of nitrogens with zero attached hydrogens (tertiary/aromatic N) is 1. The van der Waals surface area contributed by atoms with Crippen LogP contribution in [-0.4, -0.2) is 53.4 Å². The second-order valence-corrected chi connectivity index (χ2v) is 10.0. The Morgan fingerprint density at radius 1 is 1.24 bits per heavy atom. The maximum Gasteiger partial charge on any atom is 0.240 e. The summed E-state index contributed by atoms with van der Waals surface area (Å²) < 4.78 is 50.7. The summed E-state index contributed by atoms with van der Waals surface area (Å²) in [5.74, 6) is -0.775. The number of piperidine rings is 1. The van der Waals surface area contributed by atoms with Crippen LogP contribution >= 0.6 is 0 Å². The zero-order valence-electron chi connectivity index (χ0n) is 14.4. The molecular weight excluding hydrogens is 366 g/mol. The van der Waals surface area contributed by atoms with Gasteiger partial charge in [-0.2, -0.15) is 0 Å². The molecule has 140 valence electrons. The topological polar surface area (TPSA) is 113 Å². The predicted molar refractivity (Wildman–Crippen MR) is 95.2 cm³/mol. The van der Waals surface area contributed by atoms with Gasteiger partial charge in [0.25, 0.3) is 0 Å². The fraction of sp³-hybridized carbons (Fsp3) is 0.533. The SMILES string of the molecule is CNS(=O)(=O)c1ccc(C)c(NC(=O)C2CCCN(S(C)(=O)=O)C2)c1. The molecule has 1 aliphatic heterocycles. The number of rotatable bonds is 5. The number of sulfonamides is 2. The van der Waals surface area contributed by atoms with Crippen molar-refractivity contribution in [1.82, 2.24) is 9.03 Å². The van der Waals surface area contributed by atoms with Crippen molar-refractivity contribution in [2.45, 2.75) is 24.7 Å². The first-order valence-corrected chi connectivity index (χ1v) is 11.2. The molecule has 0 aromatic heterocycles. The third-order valence-corrected chi connectivity index (χ3v) is 6.95. The summed E-state index contributed by atoms with van der Waals surface area (Å²) in [7, 11) is -5.64. The number of benzene rings is 1. The highest BCUT2D eigenvalue weighted by Gasteiger charge is 2.30. The molecule has 1 unspecified atom stereocenters. The van der Waals surface area contributed by atoms with Gasteiger partial charge in [-0.15, -0.1) is 0 Å². The first-order chi connectivity index (χ1) is 11.5. The monoisotopic (exact) mass is 389 g/mol. The van der Waals surface area contributed by atoms with Crippen LogP contribution in [0.15, 0.2) is 23.1 Å². The molecule has 1 heterocycles. The number of hydrogen-bond acceptors (Lipinski definition) is 5. The number of hydrogen-bond donors (Lipinski definition) is 2. The molecule has 0 radical (unpaired) electrons. The van der Waals surface area contributed by atoms with Crippen LogP contribution in [0.2, 0.25) is 0 Å². The van der Waals surface area contributed by atoms with Gasteiger partial charge in [0, 0.05) is 18.8 Å². The van der Waals surface area contributed by atoms with Gasteiger partial charge < -0.3 is 5.32 Å². The Labute approximate surface area is 148 Å². The van der Waals surface area contributed by atoms with Crippen LogP contribution in [0.1, 0.15) is 18.4 Å². The minimum absolute atomic E-state index is 0.0531. The summed E-state index contributed by atoms with van der Waals surface area (Å²) in [6.45, 7) is 2.31. The molecule has 0 aliphatic carbocycles. The highest BCUT2D eigenvalue weighted by Crippen LogP contribution is 2.24. The number of aryl methyl sites for hydroxylation is 1. The van der Waals surface area contributed by atoms with E-state index in [-0.39, 0.29) is 17.3 Å². The number of carbonyl (C=O) groups excluding carboxylic acids is 1. The van der Waals surface area contributed by atoms with Crippen molar-refractivity contribution in [3.8, 4) is 0 Å². The Morgan fingerprint density at radius 3 is 2.52 bits per heavy atom. The second kappa shape index (κ2) is 7.40. The minimum atomic E-state index is -3.62. The van der Waals surface area contributed by atoms with E-state index in [4.69, 9.17) is 0 Å². The fourth-order valence-corrected chi connectivity index (χ4v) is 4.38. The van der Waals surface area contributed by atoms with E-state index in [9.17, 15) is 21.6 Å². The Bertz CT molecular complexity index is 865. The summed E-state index contributed by atoms with van der Waals surface area (Å²) >= 11 is 0. The van der Waals surface area contributed by atoms with Crippen molar-refractivity contribution in [2.24, 2.45) is 5.92 Å². The normalized spacial score (nSPS) is 19.6. The summed E-state index contributed by atoms with van der Waals surface area (Å²) in [4.78, 5) is 12.6. The Balaban J connectivity index is 2.19. The highest BCUT2D eigenvalue weighted by molar-refractivity contribution is 7.89. The van der Waals surface area contributed by atoms with E-state index in [0.29, 0.717) is 25.1 Å². The van der Waals surface area contributed by atoms with Crippen LogP contribution in [0.5, 0.6) is 0 Å². The first-order valence-electron chi connectivity index (χ1n) is 7.85. The molecule has 1 aromatic carbocycles. The van der Waals surface area contributed by atoms with Gasteiger partial charge in [-0.05, 0) is 44.5 Å². The quantitative estimate of drug-likeness (QED) is 0.762. The molecule has 1 saturated heterocycles. The molecule has 2 rings (SSSR count). The van der Waals surface area contributed by atoms with Crippen molar-refractivity contribution in [1.29, 1.82) is 0 Å². The molecule has 1 fully saturated rings. The number of anilines is 1. The lowest BCUT2D eigenvalue weighted by molar-refractivity contribution is -0.120. The van der Waals surface area contributed by atoms with Gasteiger partial charge in [-0.25, -0.2) is 25.9 Å². The number of amides is 1. The van der Waals surface area contributed by atoms with Crippen LogP contribution in [0.3, 0.4) is 0 Å². The van der Waals surface area contributed by atoms with Crippen LogP contribution in [0, 0.1) is 12.8 Å². The maximum absolute atomic E-state index is 12.5. The van der Waals surface area contributed by atoms with E-state index >= 15 is 0 Å². The largest absolute Gasteiger partial charge is 0.326 e. The number of nitrogens with one attached hydrogen (secondary N) is 2. The molecule has 0 spiro atoms. The van der Waals surface area contributed by atoms with E-state index in [0.717, 1.165) is 11.8 Å². The Hall–Kier alpha value is -1.49. The molecule has 0 bridgehead atoms. The zero-order chi connectivity index (χ0) is 18.8. The van der Waals surface area contributed by atoms with Crippen molar-refractivity contribution in [3.63, 3.8) is 0 Å². The van der Waals surface area contributed by atoms with Gasteiger partial charge >= 0.3 is 0 Å². The van der Waals surface area contributed by atoms with Gasteiger partial charge in [0.15, 0.2) is 0 Å². The van der Waals surface area contributed by atoms with E-state index in [1.165, 1.54) is 23.5 Å². The van der Waals surface area contributed by atoms with Crippen LogP contribution in [-0.2, 0) is 24.8 Å². The molecule has 0 saturated carbocycles. The van der Waals surface area contributed by atoms with Gasteiger partial charge in [0.2, 0.25) is 26.0 Å². The average Bonchev–Trinajstić information content (AvgIpc) is 2.56. The van der Waals surface area contributed by atoms with Crippen molar-refractivity contribution >= 4 is 31.6 Å². The predicted octanol–water partition coefficient (Wildman–Crippen LogP) is 0.513. The molecule has 1 aromatic rings. The molecule has 25 heavy (non-hydrogen) atoms. The molecule has 1 amide bonds. The standard InChI is InChI=1S/C15H23N3O5S2/c1-11-6-7-13(25(22,23)16-2)9-14(11)17-15(19)12-5-4-8-18(10-12)24(3,20)21/h6-7,9,12,16H,4-5,8,10H2,1-3H3,(H,17,19). The van der Waals surface area contributed by atoms with E-state index in [1.54, 1.807) is 13.0 Å². The summed E-state index contributed by atoms with van der Waals surface area (Å²) in [5, 5.41) is 2.74. The summed E-state index contributed by atoms with van der Waals surface area (Å²) in [6, 6.07) is 4.47. The lowest BCUT2D eigenvalue weighted by Gasteiger charge is -2.30. The molecule has 2 N–H and O–H groups in total. The van der Waals surface area contributed by atoms with Crippen molar-refractivity contribution < 1.29 is 21.6 Å². The van der Waals surface area contributed by atoms with E-state index < -0.39 is 26.0 Å². The number of carbonyl (C=O) groups is 1. The van der Waals surface area contributed by atoms with E-state index in [2.05, 4.69) is 10.0 Å². The minimum Gasteiger partial charge on any atom is -0.326 e. The van der Waals surface area contributed by atoms with Crippen molar-refractivity contribution in [3.05, 3.63) is 23.8 Å². The fourth-order valence-electron chi connectivity index (χ4n) is 2.71. The summed E-state index contributed by atoms with van der Waals surface area (Å²) in [6.07, 6.45) is 2.33. The van der Waals surface area contributed by atoms with E-state index in [1.807, 2.05) is 0 Å². The molecule has 10 heteroatoms. The van der Waals surface area contributed by atoms with Gasteiger partial charge in [-0.1, -0.05) is 6.07 Å². The zero-order valence-corrected chi connectivity index (χ0v) is 16.1. The van der Waals surface area contributed by atoms with Crippen molar-refractivity contribution in [2.75, 3.05) is 31.7 Å². The Kier molecular flexibility index (Phi) is 5.87. The Morgan fingerprint density at radius 2 is 1.92 bits per heavy atom. The lowest BCUT2D eigenvalue weighted by atomic mass is 9.98. The van der Waals surface area contributed by atoms with Crippen LogP contribution in [0.25, 0.3) is 0 Å². The smallest absolute Gasteiger partial charge is 0.240 e. The highest BCUT2D eigenvalue weighted by atomic mass is 32.2. The lowest BCUT2D eigenvalue weighted by Crippen LogP contribution is -2.43. The van der Waals surface area contributed by atoms with Gasteiger partial charge in [-0.3, -0.25) is 4.79 Å². The molecule has 1 atom stereocenters. The average molecular weight is 389 g/mol. The van der Waals surface area contributed by atoms with Gasteiger partial charge in [0.05, 0.1) is 17.1 Å². The molecule has 1 aliphatic rings. The first kappa shape index (κ1) is 19.8. The second-order valence-electron chi connectivity index (χ2n) is 6.13.